The van der Waals surface area contributed by atoms with Gasteiger partial charge in [-0.05, 0) is 24.6 Å². The van der Waals surface area contributed by atoms with E-state index in [1.54, 1.807) is 6.92 Å². The lowest BCUT2D eigenvalue weighted by atomic mass is 10.1. The van der Waals surface area contributed by atoms with Crippen LogP contribution in [0.5, 0.6) is 0 Å². The number of carbonyl (C=O) groups excluding carboxylic acids is 2. The van der Waals surface area contributed by atoms with Crippen molar-refractivity contribution in [2.45, 2.75) is 13.8 Å². The van der Waals surface area contributed by atoms with E-state index in [9.17, 15) is 18.8 Å². The van der Waals surface area contributed by atoms with Crippen molar-refractivity contribution in [3.05, 3.63) is 35.1 Å². The number of aryl methyl sites for hydroxylation is 1. The zero-order valence-electron chi connectivity index (χ0n) is 13.9. The van der Waals surface area contributed by atoms with Crippen molar-refractivity contribution in [1.82, 2.24) is 15.5 Å². The van der Waals surface area contributed by atoms with E-state index in [0.29, 0.717) is 5.56 Å². The van der Waals surface area contributed by atoms with Crippen molar-refractivity contribution in [2.75, 3.05) is 26.7 Å². The van der Waals surface area contributed by atoms with Crippen LogP contribution in [-0.2, 0) is 4.79 Å². The fraction of sp³-hybridized carbons (Fsp3) is 0.438. The van der Waals surface area contributed by atoms with Gasteiger partial charge in [0.25, 0.3) is 5.91 Å². The molecular weight excluding hydrogens is 317 g/mol. The number of rotatable bonds is 7. The second-order valence-electron chi connectivity index (χ2n) is 5.57. The Morgan fingerprint density at radius 2 is 1.88 bits per heavy atom. The molecule has 1 unspecified atom stereocenters. The van der Waals surface area contributed by atoms with Gasteiger partial charge in [0.1, 0.15) is 5.82 Å². The Hall–Kier alpha value is -2.64. The lowest BCUT2D eigenvalue weighted by Crippen LogP contribution is -2.43. The van der Waals surface area contributed by atoms with Gasteiger partial charge in [-0.1, -0.05) is 13.0 Å². The fourth-order valence-electron chi connectivity index (χ4n) is 1.89. The highest BCUT2D eigenvalue weighted by molar-refractivity contribution is 5.94. The molecule has 0 bridgehead atoms. The Labute approximate surface area is 139 Å². The molecule has 0 spiro atoms. The number of nitrogens with one attached hydrogen (secondary N) is 2. The van der Waals surface area contributed by atoms with E-state index in [1.165, 1.54) is 31.0 Å². The number of carbonyl (C=O) groups is 3. The summed E-state index contributed by atoms with van der Waals surface area (Å²) in [5.74, 6) is -2.54. The molecule has 0 fully saturated rings. The van der Waals surface area contributed by atoms with Gasteiger partial charge in [-0.2, -0.15) is 0 Å². The van der Waals surface area contributed by atoms with Gasteiger partial charge >= 0.3 is 12.0 Å². The predicted octanol–water partition coefficient (Wildman–Crippen LogP) is 1.23. The molecule has 0 radical (unpaired) electrons. The third-order valence-electron chi connectivity index (χ3n) is 3.44. The van der Waals surface area contributed by atoms with Crippen LogP contribution >= 0.6 is 0 Å². The quantitative estimate of drug-likeness (QED) is 0.651. The average molecular weight is 339 g/mol. The Morgan fingerprint density at radius 3 is 2.46 bits per heavy atom. The van der Waals surface area contributed by atoms with Crippen molar-refractivity contribution >= 4 is 17.9 Å². The maximum Gasteiger partial charge on any atom is 0.317 e. The van der Waals surface area contributed by atoms with E-state index in [2.05, 4.69) is 10.6 Å². The first-order valence-electron chi connectivity index (χ1n) is 7.48. The Bertz CT molecular complexity index is 621. The Kier molecular flexibility index (Phi) is 7.16. The molecule has 0 saturated carbocycles. The summed E-state index contributed by atoms with van der Waals surface area (Å²) in [5.41, 5.74) is 0.661. The second-order valence-corrected chi connectivity index (χ2v) is 5.57. The van der Waals surface area contributed by atoms with Crippen molar-refractivity contribution in [1.29, 1.82) is 0 Å². The SMILES string of the molecule is Cc1ccc(C(=O)NCCNC(=O)N(C)CC(C)C(=O)O)cc1F. The van der Waals surface area contributed by atoms with E-state index in [1.807, 2.05) is 0 Å². The van der Waals surface area contributed by atoms with Gasteiger partial charge in [-0.15, -0.1) is 0 Å². The lowest BCUT2D eigenvalue weighted by Gasteiger charge is -2.20. The highest BCUT2D eigenvalue weighted by atomic mass is 19.1. The topological polar surface area (TPSA) is 98.7 Å². The van der Waals surface area contributed by atoms with Crippen LogP contribution in [0.1, 0.15) is 22.8 Å². The molecule has 1 atom stereocenters. The molecular formula is C16H22FN3O4. The summed E-state index contributed by atoms with van der Waals surface area (Å²) in [6.45, 7) is 3.53. The Morgan fingerprint density at radius 1 is 1.25 bits per heavy atom. The van der Waals surface area contributed by atoms with Gasteiger partial charge < -0.3 is 20.6 Å². The summed E-state index contributed by atoms with van der Waals surface area (Å²) in [6, 6.07) is 3.77. The molecule has 0 aliphatic rings. The molecule has 0 saturated heterocycles. The first kappa shape index (κ1) is 19.4. The second kappa shape index (κ2) is 8.85. The minimum Gasteiger partial charge on any atom is -0.481 e. The number of urea groups is 1. The van der Waals surface area contributed by atoms with E-state index in [0.717, 1.165) is 6.07 Å². The van der Waals surface area contributed by atoms with Gasteiger partial charge in [0, 0.05) is 32.2 Å². The number of nitrogens with zero attached hydrogens (tertiary/aromatic N) is 1. The number of hydrogen-bond acceptors (Lipinski definition) is 3. The molecule has 1 aromatic rings. The lowest BCUT2D eigenvalue weighted by molar-refractivity contribution is -0.141. The summed E-state index contributed by atoms with van der Waals surface area (Å²) in [4.78, 5) is 35.6. The van der Waals surface area contributed by atoms with E-state index >= 15 is 0 Å². The molecule has 0 aliphatic carbocycles. The van der Waals surface area contributed by atoms with Crippen LogP contribution in [0.15, 0.2) is 18.2 Å². The molecule has 24 heavy (non-hydrogen) atoms. The minimum atomic E-state index is -0.979. The molecule has 3 N–H and O–H groups in total. The highest BCUT2D eigenvalue weighted by Gasteiger charge is 2.17. The number of benzene rings is 1. The standard InChI is InChI=1S/C16H22FN3O4/c1-10-4-5-12(8-13(10)17)14(21)18-6-7-19-16(24)20(3)9-11(2)15(22)23/h4-5,8,11H,6-7,9H2,1-3H3,(H,18,21)(H,19,24)(H,22,23). The van der Waals surface area contributed by atoms with E-state index in [-0.39, 0.29) is 25.2 Å². The summed E-state index contributed by atoms with van der Waals surface area (Å²) in [6.07, 6.45) is 0. The smallest absolute Gasteiger partial charge is 0.317 e. The maximum atomic E-state index is 13.4. The molecule has 0 heterocycles. The summed E-state index contributed by atoms with van der Waals surface area (Å²) in [7, 11) is 1.49. The number of hydrogen-bond donors (Lipinski definition) is 3. The number of carboxylic acid groups (broad SMARTS) is 1. The van der Waals surface area contributed by atoms with Crippen LogP contribution in [0.25, 0.3) is 0 Å². The van der Waals surface area contributed by atoms with Crippen LogP contribution in [0.2, 0.25) is 0 Å². The molecule has 7 nitrogen and oxygen atoms in total. The zero-order chi connectivity index (χ0) is 18.3. The molecule has 1 rings (SSSR count). The van der Waals surface area contributed by atoms with Crippen molar-refractivity contribution in [3.8, 4) is 0 Å². The van der Waals surface area contributed by atoms with E-state index in [4.69, 9.17) is 5.11 Å². The number of aliphatic carboxylic acids is 1. The highest BCUT2D eigenvalue weighted by Crippen LogP contribution is 2.08. The van der Waals surface area contributed by atoms with Gasteiger partial charge in [-0.25, -0.2) is 9.18 Å². The van der Waals surface area contributed by atoms with Crippen molar-refractivity contribution < 1.29 is 23.9 Å². The molecule has 1 aromatic carbocycles. The number of halogens is 1. The number of carboxylic acids is 1. The normalized spacial score (nSPS) is 11.5. The van der Waals surface area contributed by atoms with Crippen LogP contribution in [0.4, 0.5) is 9.18 Å². The van der Waals surface area contributed by atoms with E-state index < -0.39 is 29.6 Å². The van der Waals surface area contributed by atoms with Crippen LogP contribution in [-0.4, -0.2) is 54.6 Å². The van der Waals surface area contributed by atoms with Gasteiger partial charge in [0.2, 0.25) is 0 Å². The summed E-state index contributed by atoms with van der Waals surface area (Å²) in [5, 5.41) is 13.9. The largest absolute Gasteiger partial charge is 0.481 e. The molecule has 8 heteroatoms. The Balaban J connectivity index is 2.34. The van der Waals surface area contributed by atoms with Crippen LogP contribution < -0.4 is 10.6 Å². The first-order chi connectivity index (χ1) is 11.2. The summed E-state index contributed by atoms with van der Waals surface area (Å²) < 4.78 is 13.4. The fourth-order valence-corrected chi connectivity index (χ4v) is 1.89. The van der Waals surface area contributed by atoms with Gasteiger partial charge in [0.05, 0.1) is 5.92 Å². The first-order valence-corrected chi connectivity index (χ1v) is 7.48. The molecule has 3 amide bonds. The minimum absolute atomic E-state index is 0.0795. The average Bonchev–Trinajstić information content (AvgIpc) is 2.53. The molecule has 0 aromatic heterocycles. The van der Waals surface area contributed by atoms with Crippen LogP contribution in [0, 0.1) is 18.7 Å². The predicted molar refractivity (Wildman–Crippen MR) is 86.3 cm³/mol. The van der Waals surface area contributed by atoms with Crippen LogP contribution in [0.3, 0.4) is 0 Å². The third-order valence-corrected chi connectivity index (χ3v) is 3.44. The number of amides is 3. The third kappa shape index (κ3) is 5.86. The molecule has 132 valence electrons. The molecule has 0 aliphatic heterocycles. The maximum absolute atomic E-state index is 13.4. The monoisotopic (exact) mass is 339 g/mol. The zero-order valence-corrected chi connectivity index (χ0v) is 13.9. The van der Waals surface area contributed by atoms with Gasteiger partial charge in [0.15, 0.2) is 0 Å². The van der Waals surface area contributed by atoms with Gasteiger partial charge in [-0.3, -0.25) is 9.59 Å². The van der Waals surface area contributed by atoms with Crippen molar-refractivity contribution in [3.63, 3.8) is 0 Å². The summed E-state index contributed by atoms with van der Waals surface area (Å²) >= 11 is 0. The van der Waals surface area contributed by atoms with Crippen molar-refractivity contribution in [2.24, 2.45) is 5.92 Å².